The van der Waals surface area contributed by atoms with Gasteiger partial charge in [-0.25, -0.2) is 4.79 Å². The zero-order chi connectivity index (χ0) is 18.8. The van der Waals surface area contributed by atoms with E-state index in [1.54, 1.807) is 13.0 Å². The van der Waals surface area contributed by atoms with Gasteiger partial charge in [-0.05, 0) is 43.7 Å². The second-order valence-corrected chi connectivity index (χ2v) is 6.96. The smallest absolute Gasteiger partial charge is 0.340 e. The molecule has 0 N–H and O–H groups in total. The molecule has 0 bridgehead atoms. The van der Waals surface area contributed by atoms with Crippen LogP contribution in [-0.4, -0.2) is 19.0 Å². The van der Waals surface area contributed by atoms with Crippen molar-refractivity contribution in [3.8, 4) is 0 Å². The minimum Gasteiger partial charge on any atom is -0.465 e. The first-order chi connectivity index (χ1) is 12.4. The first-order valence-corrected chi connectivity index (χ1v) is 8.89. The number of allylic oxidation sites excluding steroid dienone is 1. The van der Waals surface area contributed by atoms with Gasteiger partial charge in [-0.3, -0.25) is 9.69 Å². The Morgan fingerprint density at radius 2 is 1.81 bits per heavy atom. The number of rotatable bonds is 3. The van der Waals surface area contributed by atoms with E-state index in [2.05, 4.69) is 15.9 Å². The second kappa shape index (κ2) is 7.30. The number of benzene rings is 2. The van der Waals surface area contributed by atoms with Gasteiger partial charge in [-0.2, -0.15) is 0 Å². The number of anilines is 1. The van der Waals surface area contributed by atoms with Crippen LogP contribution < -0.4 is 4.90 Å². The van der Waals surface area contributed by atoms with Crippen LogP contribution >= 0.6 is 15.9 Å². The van der Waals surface area contributed by atoms with Crippen molar-refractivity contribution in [2.45, 2.75) is 13.8 Å². The van der Waals surface area contributed by atoms with Gasteiger partial charge >= 0.3 is 5.97 Å². The highest BCUT2D eigenvalue weighted by Gasteiger charge is 2.37. The van der Waals surface area contributed by atoms with E-state index in [-0.39, 0.29) is 11.5 Å². The Balaban J connectivity index is 2.13. The van der Waals surface area contributed by atoms with Crippen LogP contribution in [0.3, 0.4) is 0 Å². The van der Waals surface area contributed by atoms with Crippen LogP contribution in [0.2, 0.25) is 0 Å². The molecule has 0 aliphatic carbocycles. The summed E-state index contributed by atoms with van der Waals surface area (Å²) in [5.41, 5.74) is 3.84. The Labute approximate surface area is 160 Å². The molecule has 2 aromatic rings. The topological polar surface area (TPSA) is 46.6 Å². The number of hydrogen-bond acceptors (Lipinski definition) is 3. The van der Waals surface area contributed by atoms with Crippen molar-refractivity contribution in [2.75, 3.05) is 12.0 Å². The lowest BCUT2D eigenvalue weighted by Crippen LogP contribution is -2.24. The Morgan fingerprint density at radius 3 is 2.42 bits per heavy atom. The maximum atomic E-state index is 13.1. The monoisotopic (exact) mass is 411 g/mol. The molecule has 2 aromatic carbocycles. The maximum Gasteiger partial charge on any atom is 0.340 e. The SMILES string of the molecule is COC(=O)C1=C(C)N(c2cccc(Br)c2)C(=O)/C1=C\c1ccc(C)cc1. The fourth-order valence-corrected chi connectivity index (χ4v) is 3.32. The lowest BCUT2D eigenvalue weighted by molar-refractivity contribution is -0.136. The zero-order valence-electron chi connectivity index (χ0n) is 14.7. The first kappa shape index (κ1) is 18.1. The van der Waals surface area contributed by atoms with Gasteiger partial charge in [0.1, 0.15) is 0 Å². The van der Waals surface area contributed by atoms with Gasteiger partial charge in [0.2, 0.25) is 0 Å². The molecule has 1 aliphatic heterocycles. The molecule has 3 rings (SSSR count). The molecule has 0 saturated heterocycles. The summed E-state index contributed by atoms with van der Waals surface area (Å²) in [5.74, 6) is -0.770. The van der Waals surface area contributed by atoms with Crippen molar-refractivity contribution in [1.82, 2.24) is 0 Å². The van der Waals surface area contributed by atoms with Gasteiger partial charge in [0.05, 0.1) is 23.9 Å². The molecule has 132 valence electrons. The number of nitrogens with zero attached hydrogens (tertiary/aromatic N) is 1. The third-order valence-corrected chi connectivity index (χ3v) is 4.74. The number of aryl methyl sites for hydroxylation is 1. The molecule has 0 saturated carbocycles. The van der Waals surface area contributed by atoms with E-state index in [0.717, 1.165) is 15.6 Å². The van der Waals surface area contributed by atoms with Crippen molar-refractivity contribution >= 4 is 39.6 Å². The van der Waals surface area contributed by atoms with Crippen LogP contribution in [0.15, 0.2) is 69.8 Å². The number of ether oxygens (including phenoxy) is 1. The van der Waals surface area contributed by atoms with Crippen LogP contribution in [0.1, 0.15) is 18.1 Å². The number of methoxy groups -OCH3 is 1. The van der Waals surface area contributed by atoms with Crippen LogP contribution in [0.5, 0.6) is 0 Å². The molecular weight excluding hydrogens is 394 g/mol. The van der Waals surface area contributed by atoms with Gasteiger partial charge in [0, 0.05) is 10.2 Å². The van der Waals surface area contributed by atoms with Crippen LogP contribution in [-0.2, 0) is 14.3 Å². The van der Waals surface area contributed by atoms with Crippen molar-refractivity contribution < 1.29 is 14.3 Å². The standard InChI is InChI=1S/C21H18BrNO3/c1-13-7-9-15(10-8-13)11-18-19(21(25)26-3)14(2)23(20(18)24)17-6-4-5-16(22)12-17/h4-12H,1-3H3/b18-11-. The van der Waals surface area contributed by atoms with Crippen molar-refractivity contribution in [3.63, 3.8) is 0 Å². The minimum absolute atomic E-state index is 0.249. The summed E-state index contributed by atoms with van der Waals surface area (Å²) in [7, 11) is 1.32. The summed E-state index contributed by atoms with van der Waals surface area (Å²) in [5, 5.41) is 0. The average molecular weight is 412 g/mol. The largest absolute Gasteiger partial charge is 0.465 e. The van der Waals surface area contributed by atoms with Gasteiger partial charge in [-0.1, -0.05) is 51.8 Å². The van der Waals surface area contributed by atoms with E-state index in [1.807, 2.05) is 55.5 Å². The predicted octanol–water partition coefficient (Wildman–Crippen LogP) is 4.63. The number of halogens is 1. The van der Waals surface area contributed by atoms with E-state index in [1.165, 1.54) is 12.0 Å². The van der Waals surface area contributed by atoms with E-state index in [4.69, 9.17) is 4.74 Å². The summed E-state index contributed by atoms with van der Waals surface area (Å²) in [6.07, 6.45) is 1.73. The number of hydrogen-bond donors (Lipinski definition) is 0. The molecule has 0 atom stereocenters. The average Bonchev–Trinajstić information content (AvgIpc) is 2.86. The zero-order valence-corrected chi connectivity index (χ0v) is 16.3. The Kier molecular flexibility index (Phi) is 5.09. The first-order valence-electron chi connectivity index (χ1n) is 8.10. The molecule has 0 spiro atoms. The van der Waals surface area contributed by atoms with Crippen LogP contribution in [0.4, 0.5) is 5.69 Å². The molecule has 0 fully saturated rings. The quantitative estimate of drug-likeness (QED) is 0.546. The van der Waals surface area contributed by atoms with Gasteiger partial charge in [0.25, 0.3) is 5.91 Å². The fourth-order valence-electron chi connectivity index (χ4n) is 2.94. The number of carbonyl (C=O) groups is 2. The molecule has 1 aliphatic rings. The Morgan fingerprint density at radius 1 is 1.12 bits per heavy atom. The second-order valence-electron chi connectivity index (χ2n) is 6.04. The third-order valence-electron chi connectivity index (χ3n) is 4.24. The highest BCUT2D eigenvalue weighted by atomic mass is 79.9. The summed E-state index contributed by atoms with van der Waals surface area (Å²) in [4.78, 5) is 27.0. The third kappa shape index (κ3) is 3.35. The summed E-state index contributed by atoms with van der Waals surface area (Å²) in [6, 6.07) is 15.2. The molecular formula is C21H18BrNO3. The van der Waals surface area contributed by atoms with E-state index in [9.17, 15) is 9.59 Å². The van der Waals surface area contributed by atoms with Gasteiger partial charge in [0.15, 0.2) is 0 Å². The van der Waals surface area contributed by atoms with E-state index in [0.29, 0.717) is 17.0 Å². The molecule has 0 unspecified atom stereocenters. The van der Waals surface area contributed by atoms with Crippen LogP contribution in [0.25, 0.3) is 6.08 Å². The Bertz CT molecular complexity index is 942. The molecule has 26 heavy (non-hydrogen) atoms. The summed E-state index contributed by atoms with van der Waals surface area (Å²) in [6.45, 7) is 3.75. The van der Waals surface area contributed by atoms with Crippen molar-refractivity contribution in [1.29, 1.82) is 0 Å². The van der Waals surface area contributed by atoms with E-state index >= 15 is 0 Å². The molecule has 4 nitrogen and oxygen atoms in total. The molecule has 5 heteroatoms. The Hall–Kier alpha value is -2.66. The normalized spacial score (nSPS) is 15.8. The highest BCUT2D eigenvalue weighted by Crippen LogP contribution is 2.36. The molecule has 1 heterocycles. The lowest BCUT2D eigenvalue weighted by Gasteiger charge is -2.18. The molecule has 1 amide bonds. The van der Waals surface area contributed by atoms with Crippen molar-refractivity contribution in [2.24, 2.45) is 0 Å². The number of amides is 1. The summed E-state index contributed by atoms with van der Waals surface area (Å²) >= 11 is 3.42. The van der Waals surface area contributed by atoms with Gasteiger partial charge < -0.3 is 4.74 Å². The molecule has 0 radical (unpaired) electrons. The lowest BCUT2D eigenvalue weighted by atomic mass is 10.0. The number of carbonyl (C=O) groups excluding carboxylic acids is 2. The van der Waals surface area contributed by atoms with Gasteiger partial charge in [-0.15, -0.1) is 0 Å². The maximum absolute atomic E-state index is 13.1. The fraction of sp³-hybridized carbons (Fsp3) is 0.143. The molecule has 0 aromatic heterocycles. The predicted molar refractivity (Wildman–Crippen MR) is 106 cm³/mol. The minimum atomic E-state index is -0.522. The highest BCUT2D eigenvalue weighted by molar-refractivity contribution is 9.10. The summed E-state index contributed by atoms with van der Waals surface area (Å²) < 4.78 is 5.78. The van der Waals surface area contributed by atoms with E-state index < -0.39 is 5.97 Å². The van der Waals surface area contributed by atoms with Crippen LogP contribution in [0, 0.1) is 6.92 Å². The van der Waals surface area contributed by atoms with Crippen molar-refractivity contribution in [3.05, 3.63) is 81.0 Å². The number of esters is 1.